The number of nitrogens with one attached hydrogen (secondary N) is 2. The summed E-state index contributed by atoms with van der Waals surface area (Å²) in [5.41, 5.74) is 0. The van der Waals surface area contributed by atoms with Crippen LogP contribution in [0.15, 0.2) is 6.20 Å². The smallest absolute Gasteiger partial charge is 0.224 e. The van der Waals surface area contributed by atoms with Gasteiger partial charge in [-0.1, -0.05) is 20.8 Å². The third-order valence-electron chi connectivity index (χ3n) is 2.81. The Balaban J connectivity index is 2.66. The molecule has 1 unspecified atom stereocenters. The van der Waals surface area contributed by atoms with Crippen LogP contribution in [-0.4, -0.2) is 23.1 Å². The lowest BCUT2D eigenvalue weighted by Gasteiger charge is -2.16. The molecule has 0 bridgehead atoms. The van der Waals surface area contributed by atoms with E-state index in [2.05, 4.69) is 41.4 Å². The van der Waals surface area contributed by atoms with E-state index in [9.17, 15) is 4.39 Å². The number of anilines is 2. The Kier molecular flexibility index (Phi) is 5.12. The molecular weight excluding hydrogens is 219 g/mol. The number of halogens is 1. The summed E-state index contributed by atoms with van der Waals surface area (Å²) in [7, 11) is 0. The Bertz CT molecular complexity index is 354. The number of hydrogen-bond donors (Lipinski definition) is 2. The number of aromatic nitrogens is 2. The normalized spacial score (nSPS) is 12.6. The molecular formula is C12H21FN4. The first-order valence-electron chi connectivity index (χ1n) is 6.04. The summed E-state index contributed by atoms with van der Waals surface area (Å²) >= 11 is 0. The van der Waals surface area contributed by atoms with Gasteiger partial charge < -0.3 is 10.6 Å². The van der Waals surface area contributed by atoms with Crippen LogP contribution in [-0.2, 0) is 0 Å². The molecule has 0 radical (unpaired) electrons. The van der Waals surface area contributed by atoms with Gasteiger partial charge >= 0.3 is 0 Å². The summed E-state index contributed by atoms with van der Waals surface area (Å²) in [6.07, 6.45) is 1.19. The average molecular weight is 240 g/mol. The van der Waals surface area contributed by atoms with Crippen molar-refractivity contribution in [3.05, 3.63) is 12.0 Å². The van der Waals surface area contributed by atoms with E-state index in [0.29, 0.717) is 30.9 Å². The van der Waals surface area contributed by atoms with Gasteiger partial charge in [0.05, 0.1) is 6.20 Å². The zero-order chi connectivity index (χ0) is 12.8. The van der Waals surface area contributed by atoms with Gasteiger partial charge in [0.2, 0.25) is 5.95 Å². The first kappa shape index (κ1) is 13.7. The van der Waals surface area contributed by atoms with Crippen molar-refractivity contribution in [1.29, 1.82) is 0 Å². The van der Waals surface area contributed by atoms with Crippen LogP contribution in [0.5, 0.6) is 0 Å². The second kappa shape index (κ2) is 6.37. The summed E-state index contributed by atoms with van der Waals surface area (Å²) in [6, 6.07) is 0. The zero-order valence-corrected chi connectivity index (χ0v) is 10.9. The fraction of sp³-hybridized carbons (Fsp3) is 0.667. The highest BCUT2D eigenvalue weighted by Gasteiger charge is 2.10. The van der Waals surface area contributed by atoms with Crippen molar-refractivity contribution < 1.29 is 4.39 Å². The molecule has 96 valence electrons. The molecule has 1 atom stereocenters. The van der Waals surface area contributed by atoms with Gasteiger partial charge in [-0.25, -0.2) is 9.37 Å². The van der Waals surface area contributed by atoms with E-state index in [1.165, 1.54) is 6.20 Å². The maximum Gasteiger partial charge on any atom is 0.224 e. The minimum absolute atomic E-state index is 0.267. The van der Waals surface area contributed by atoms with E-state index < -0.39 is 5.82 Å². The molecule has 1 heterocycles. The molecule has 0 saturated carbocycles. The number of nitrogens with zero attached hydrogens (tertiary/aromatic N) is 2. The van der Waals surface area contributed by atoms with Gasteiger partial charge in [-0.15, -0.1) is 0 Å². The van der Waals surface area contributed by atoms with E-state index in [-0.39, 0.29) is 5.82 Å². The van der Waals surface area contributed by atoms with Crippen molar-refractivity contribution in [2.45, 2.75) is 27.7 Å². The van der Waals surface area contributed by atoms with E-state index in [4.69, 9.17) is 0 Å². The third-order valence-corrected chi connectivity index (χ3v) is 2.81. The van der Waals surface area contributed by atoms with Crippen LogP contribution in [0.2, 0.25) is 0 Å². The van der Waals surface area contributed by atoms with Gasteiger partial charge in [-0.05, 0) is 18.8 Å². The van der Waals surface area contributed by atoms with Crippen LogP contribution < -0.4 is 10.6 Å². The Morgan fingerprint density at radius 1 is 1.29 bits per heavy atom. The second-order valence-electron chi connectivity index (χ2n) is 4.52. The molecule has 1 aromatic heterocycles. The molecule has 1 rings (SSSR count). The van der Waals surface area contributed by atoms with Crippen molar-refractivity contribution in [3.63, 3.8) is 0 Å². The van der Waals surface area contributed by atoms with E-state index in [1.807, 2.05) is 6.92 Å². The quantitative estimate of drug-likeness (QED) is 0.802. The van der Waals surface area contributed by atoms with Crippen molar-refractivity contribution in [2.24, 2.45) is 11.8 Å². The van der Waals surface area contributed by atoms with Crippen LogP contribution in [0.1, 0.15) is 27.7 Å². The highest BCUT2D eigenvalue weighted by Crippen LogP contribution is 2.14. The Hall–Kier alpha value is -1.39. The second-order valence-corrected chi connectivity index (χ2v) is 4.52. The van der Waals surface area contributed by atoms with Crippen LogP contribution in [0.25, 0.3) is 0 Å². The minimum atomic E-state index is -0.414. The van der Waals surface area contributed by atoms with Gasteiger partial charge in [0.25, 0.3) is 0 Å². The zero-order valence-electron chi connectivity index (χ0n) is 10.9. The van der Waals surface area contributed by atoms with Gasteiger partial charge in [-0.2, -0.15) is 4.98 Å². The predicted octanol–water partition coefficient (Wildman–Crippen LogP) is 2.75. The summed E-state index contributed by atoms with van der Waals surface area (Å²) in [5.74, 6) is 1.33. The lowest BCUT2D eigenvalue weighted by Crippen LogP contribution is -2.18. The topological polar surface area (TPSA) is 49.8 Å². The molecule has 0 aliphatic heterocycles. The Morgan fingerprint density at radius 3 is 2.59 bits per heavy atom. The minimum Gasteiger partial charge on any atom is -0.367 e. The predicted molar refractivity (Wildman–Crippen MR) is 68.6 cm³/mol. The molecule has 0 aliphatic rings. The SMILES string of the molecule is CCNc1ncc(F)c(NCC(C)C(C)C)n1. The lowest BCUT2D eigenvalue weighted by atomic mass is 9.98. The molecule has 5 heteroatoms. The first-order valence-corrected chi connectivity index (χ1v) is 6.04. The van der Waals surface area contributed by atoms with Crippen molar-refractivity contribution >= 4 is 11.8 Å². The van der Waals surface area contributed by atoms with Gasteiger partial charge in [-0.3, -0.25) is 0 Å². The highest BCUT2D eigenvalue weighted by molar-refractivity contribution is 5.40. The Labute approximate surface area is 102 Å². The summed E-state index contributed by atoms with van der Waals surface area (Å²) < 4.78 is 13.4. The summed E-state index contributed by atoms with van der Waals surface area (Å²) in [4.78, 5) is 7.94. The van der Waals surface area contributed by atoms with Crippen LogP contribution in [0.3, 0.4) is 0 Å². The molecule has 0 spiro atoms. The molecule has 0 fully saturated rings. The summed E-state index contributed by atoms with van der Waals surface area (Å²) in [5, 5.41) is 5.98. The molecule has 1 aromatic rings. The molecule has 0 saturated heterocycles. The van der Waals surface area contributed by atoms with Crippen molar-refractivity contribution in [2.75, 3.05) is 23.7 Å². The van der Waals surface area contributed by atoms with Gasteiger partial charge in [0.15, 0.2) is 11.6 Å². The van der Waals surface area contributed by atoms with Crippen molar-refractivity contribution in [3.8, 4) is 0 Å². The lowest BCUT2D eigenvalue weighted by molar-refractivity contribution is 0.438. The van der Waals surface area contributed by atoms with E-state index in [1.54, 1.807) is 0 Å². The van der Waals surface area contributed by atoms with Gasteiger partial charge in [0.1, 0.15) is 0 Å². The van der Waals surface area contributed by atoms with Gasteiger partial charge in [0, 0.05) is 13.1 Å². The fourth-order valence-electron chi connectivity index (χ4n) is 1.23. The fourth-order valence-corrected chi connectivity index (χ4v) is 1.23. The maximum absolute atomic E-state index is 13.4. The van der Waals surface area contributed by atoms with Crippen LogP contribution >= 0.6 is 0 Å². The van der Waals surface area contributed by atoms with E-state index >= 15 is 0 Å². The van der Waals surface area contributed by atoms with Crippen LogP contribution in [0, 0.1) is 17.7 Å². The first-order chi connectivity index (χ1) is 8.04. The Morgan fingerprint density at radius 2 is 2.00 bits per heavy atom. The maximum atomic E-state index is 13.4. The number of hydrogen-bond acceptors (Lipinski definition) is 4. The highest BCUT2D eigenvalue weighted by atomic mass is 19.1. The summed E-state index contributed by atoms with van der Waals surface area (Å²) in [6.45, 7) is 9.78. The van der Waals surface area contributed by atoms with Crippen molar-refractivity contribution in [1.82, 2.24) is 9.97 Å². The average Bonchev–Trinajstić information content (AvgIpc) is 2.29. The molecule has 4 nitrogen and oxygen atoms in total. The standard InChI is InChI=1S/C12H21FN4/c1-5-14-12-16-7-10(13)11(17-12)15-6-9(4)8(2)3/h7-9H,5-6H2,1-4H3,(H2,14,15,16,17). The number of rotatable bonds is 6. The van der Waals surface area contributed by atoms with E-state index in [0.717, 1.165) is 0 Å². The molecule has 0 amide bonds. The monoisotopic (exact) mass is 240 g/mol. The molecule has 2 N–H and O–H groups in total. The third kappa shape index (κ3) is 4.17. The molecule has 17 heavy (non-hydrogen) atoms. The largest absolute Gasteiger partial charge is 0.367 e. The van der Waals surface area contributed by atoms with Crippen LogP contribution in [0.4, 0.5) is 16.2 Å². The molecule has 0 aliphatic carbocycles. The molecule has 0 aromatic carbocycles.